The van der Waals surface area contributed by atoms with E-state index in [1.165, 1.54) is 17.3 Å². The lowest BCUT2D eigenvalue weighted by atomic mass is 10.1. The van der Waals surface area contributed by atoms with E-state index in [2.05, 4.69) is 35.3 Å². The number of nitrogens with zero attached hydrogens (tertiary/aromatic N) is 7. The summed E-state index contributed by atoms with van der Waals surface area (Å²) in [6, 6.07) is 1.94. The van der Waals surface area contributed by atoms with Crippen molar-refractivity contribution in [3.8, 4) is 5.95 Å². The summed E-state index contributed by atoms with van der Waals surface area (Å²) in [6.07, 6.45) is 6.44. The molecule has 3 N–H and O–H groups in total. The Balaban J connectivity index is 1.81. The van der Waals surface area contributed by atoms with Gasteiger partial charge in [-0.1, -0.05) is 0 Å². The highest BCUT2D eigenvalue weighted by Crippen LogP contribution is 2.10. The molecule has 0 amide bonds. The van der Waals surface area contributed by atoms with E-state index >= 15 is 0 Å². The molecule has 9 nitrogen and oxygen atoms in total. The zero-order valence-corrected chi connectivity index (χ0v) is 11.3. The second-order valence-electron chi connectivity index (χ2n) is 4.31. The van der Waals surface area contributed by atoms with Crippen LogP contribution in [0.4, 0.5) is 11.9 Å². The summed E-state index contributed by atoms with van der Waals surface area (Å²) in [6.45, 7) is 2.56. The van der Waals surface area contributed by atoms with Crippen LogP contribution in [0, 0.1) is 6.92 Å². The molecule has 3 aromatic heterocycles. The predicted molar refractivity (Wildman–Crippen MR) is 75.5 cm³/mol. The summed E-state index contributed by atoms with van der Waals surface area (Å²) in [5, 5.41) is 7.08. The lowest BCUT2D eigenvalue weighted by Crippen LogP contribution is -2.11. The van der Waals surface area contributed by atoms with E-state index in [1.54, 1.807) is 12.4 Å². The summed E-state index contributed by atoms with van der Waals surface area (Å²) in [5.41, 5.74) is 7.88. The Morgan fingerprint density at radius 2 is 2.14 bits per heavy atom. The van der Waals surface area contributed by atoms with Crippen LogP contribution >= 0.6 is 0 Å². The molecule has 9 heteroatoms. The van der Waals surface area contributed by atoms with Crippen molar-refractivity contribution in [3.05, 3.63) is 42.2 Å². The number of anilines is 2. The van der Waals surface area contributed by atoms with Crippen LogP contribution in [-0.4, -0.2) is 34.7 Å². The van der Waals surface area contributed by atoms with Gasteiger partial charge < -0.3 is 11.1 Å². The molecule has 106 valence electrons. The zero-order valence-electron chi connectivity index (χ0n) is 11.3. The average Bonchev–Trinajstić information content (AvgIpc) is 3.00. The third-order valence-corrected chi connectivity index (χ3v) is 2.84. The Labute approximate surface area is 120 Å². The molecule has 21 heavy (non-hydrogen) atoms. The van der Waals surface area contributed by atoms with E-state index in [9.17, 15) is 0 Å². The number of hydrogen-bond donors (Lipinski definition) is 2. The van der Waals surface area contributed by atoms with Gasteiger partial charge in [0.15, 0.2) is 0 Å². The predicted octanol–water partition coefficient (Wildman–Crippen LogP) is 0.350. The number of hydrogen-bond acceptors (Lipinski definition) is 8. The van der Waals surface area contributed by atoms with Crippen LogP contribution in [0.1, 0.15) is 11.1 Å². The van der Waals surface area contributed by atoms with E-state index in [1.807, 2.05) is 13.0 Å². The molecule has 3 heterocycles. The lowest BCUT2D eigenvalue weighted by Gasteiger charge is -2.08. The quantitative estimate of drug-likeness (QED) is 0.703. The maximum absolute atomic E-state index is 5.69. The summed E-state index contributed by atoms with van der Waals surface area (Å²) < 4.78 is 1.42. The minimum atomic E-state index is 0.115. The van der Waals surface area contributed by atoms with Crippen LogP contribution in [0.25, 0.3) is 5.95 Å². The Kier molecular flexibility index (Phi) is 3.37. The molecule has 0 bridgehead atoms. The van der Waals surface area contributed by atoms with Crippen molar-refractivity contribution in [2.24, 2.45) is 0 Å². The van der Waals surface area contributed by atoms with Crippen molar-refractivity contribution in [1.82, 2.24) is 34.7 Å². The second-order valence-corrected chi connectivity index (χ2v) is 4.31. The molecule has 0 atom stereocenters. The number of nitrogens with one attached hydrogen (secondary N) is 1. The van der Waals surface area contributed by atoms with Gasteiger partial charge in [-0.15, -0.1) is 0 Å². The Bertz CT molecular complexity index is 738. The normalized spacial score (nSPS) is 10.5. The first kappa shape index (κ1) is 12.9. The molecule has 0 radical (unpaired) electrons. The molecule has 3 aromatic rings. The third kappa shape index (κ3) is 2.91. The van der Waals surface area contributed by atoms with Crippen LogP contribution in [-0.2, 0) is 6.54 Å². The van der Waals surface area contributed by atoms with Gasteiger partial charge in [0.2, 0.25) is 11.9 Å². The van der Waals surface area contributed by atoms with Crippen LogP contribution in [0.15, 0.2) is 31.1 Å². The number of rotatable bonds is 4. The molecule has 0 fully saturated rings. The van der Waals surface area contributed by atoms with Crippen molar-refractivity contribution < 1.29 is 0 Å². The first-order chi connectivity index (χ1) is 10.2. The van der Waals surface area contributed by atoms with Crippen LogP contribution in [0.2, 0.25) is 0 Å². The van der Waals surface area contributed by atoms with Crippen molar-refractivity contribution >= 4 is 11.9 Å². The van der Waals surface area contributed by atoms with Crippen molar-refractivity contribution in [2.45, 2.75) is 13.5 Å². The van der Waals surface area contributed by atoms with Gasteiger partial charge in [0, 0.05) is 18.9 Å². The summed E-state index contributed by atoms with van der Waals surface area (Å²) >= 11 is 0. The van der Waals surface area contributed by atoms with E-state index in [-0.39, 0.29) is 5.95 Å². The van der Waals surface area contributed by atoms with Gasteiger partial charge in [-0.05, 0) is 24.1 Å². The number of nitrogen functional groups attached to an aromatic ring is 1. The number of nitrogens with two attached hydrogens (primary N) is 1. The topological polar surface area (TPSA) is 120 Å². The molecule has 0 aliphatic rings. The Hall–Kier alpha value is -3.10. The molecular formula is C12H13N9. The third-order valence-electron chi connectivity index (χ3n) is 2.84. The fourth-order valence-electron chi connectivity index (χ4n) is 1.75. The maximum Gasteiger partial charge on any atom is 0.258 e. The van der Waals surface area contributed by atoms with E-state index in [0.717, 1.165) is 11.1 Å². The molecule has 0 saturated heterocycles. The summed E-state index contributed by atoms with van der Waals surface area (Å²) in [5.74, 6) is 0.808. The van der Waals surface area contributed by atoms with Gasteiger partial charge >= 0.3 is 0 Å². The Morgan fingerprint density at radius 1 is 1.24 bits per heavy atom. The number of aryl methyl sites for hydroxylation is 1. The van der Waals surface area contributed by atoms with Crippen molar-refractivity contribution in [3.63, 3.8) is 0 Å². The molecule has 0 spiro atoms. The van der Waals surface area contributed by atoms with Gasteiger partial charge in [-0.3, -0.25) is 4.98 Å². The van der Waals surface area contributed by atoms with E-state index in [0.29, 0.717) is 18.4 Å². The largest absolute Gasteiger partial charge is 0.368 e. The molecule has 3 rings (SSSR count). The van der Waals surface area contributed by atoms with Crippen molar-refractivity contribution in [1.29, 1.82) is 0 Å². The SMILES string of the molecule is Cc1cnccc1CNc1nc(N)nc(-n2cncn2)n1. The highest BCUT2D eigenvalue weighted by molar-refractivity contribution is 5.36. The van der Waals surface area contributed by atoms with Gasteiger partial charge in [-0.25, -0.2) is 4.98 Å². The van der Waals surface area contributed by atoms with Crippen LogP contribution < -0.4 is 11.1 Å². The summed E-state index contributed by atoms with van der Waals surface area (Å²) in [4.78, 5) is 20.2. The van der Waals surface area contributed by atoms with Gasteiger partial charge in [0.05, 0.1) is 0 Å². The van der Waals surface area contributed by atoms with Crippen LogP contribution in [0.5, 0.6) is 0 Å². The van der Waals surface area contributed by atoms with Crippen LogP contribution in [0.3, 0.4) is 0 Å². The Morgan fingerprint density at radius 3 is 2.90 bits per heavy atom. The fraction of sp³-hybridized carbons (Fsp3) is 0.167. The fourth-order valence-corrected chi connectivity index (χ4v) is 1.75. The second kappa shape index (κ2) is 5.49. The minimum Gasteiger partial charge on any atom is -0.368 e. The molecule has 0 aliphatic carbocycles. The highest BCUT2D eigenvalue weighted by Gasteiger charge is 2.07. The highest BCUT2D eigenvalue weighted by atomic mass is 15.4. The first-order valence-electron chi connectivity index (χ1n) is 6.22. The minimum absolute atomic E-state index is 0.115. The summed E-state index contributed by atoms with van der Waals surface area (Å²) in [7, 11) is 0. The number of pyridine rings is 1. The van der Waals surface area contributed by atoms with Crippen molar-refractivity contribution in [2.75, 3.05) is 11.1 Å². The average molecular weight is 283 g/mol. The zero-order chi connectivity index (χ0) is 14.7. The maximum atomic E-state index is 5.69. The molecule has 0 unspecified atom stereocenters. The smallest absolute Gasteiger partial charge is 0.258 e. The standard InChI is InChI=1S/C12H13N9/c1-8-4-14-3-2-9(8)5-16-11-18-10(13)19-12(20-11)21-7-15-6-17-21/h2-4,6-7H,5H2,1H3,(H3,13,16,18,19,20). The first-order valence-corrected chi connectivity index (χ1v) is 6.22. The van der Waals surface area contributed by atoms with Gasteiger partial charge in [0.25, 0.3) is 5.95 Å². The molecular weight excluding hydrogens is 270 g/mol. The van der Waals surface area contributed by atoms with E-state index in [4.69, 9.17) is 5.73 Å². The van der Waals surface area contributed by atoms with Gasteiger partial charge in [0.1, 0.15) is 12.7 Å². The molecule has 0 saturated carbocycles. The van der Waals surface area contributed by atoms with E-state index < -0.39 is 0 Å². The lowest BCUT2D eigenvalue weighted by molar-refractivity contribution is 0.797. The van der Waals surface area contributed by atoms with Gasteiger partial charge in [-0.2, -0.15) is 24.7 Å². The monoisotopic (exact) mass is 283 g/mol. The molecule has 0 aromatic carbocycles. The number of aromatic nitrogens is 7. The molecule has 0 aliphatic heterocycles.